The molecule has 0 saturated heterocycles. The fourth-order valence-electron chi connectivity index (χ4n) is 1.10. The molecule has 0 fully saturated rings. The van der Waals surface area contributed by atoms with Gasteiger partial charge in [-0.3, -0.25) is 4.79 Å². The van der Waals surface area contributed by atoms with Crippen LogP contribution < -0.4 is 0 Å². The van der Waals surface area contributed by atoms with Gasteiger partial charge >= 0.3 is 5.97 Å². The van der Waals surface area contributed by atoms with E-state index in [9.17, 15) is 4.79 Å². The Labute approximate surface area is 81.1 Å². The Hall–Kier alpha value is -0.570. The summed E-state index contributed by atoms with van der Waals surface area (Å²) < 4.78 is 4.82. The standard InChI is InChI=1S/C10H21NO2/c1-10(12)13-9-7-5-4-6-8-11(2)3/h4-9H2,1-3H3. The molecule has 78 valence electrons. The molecule has 0 heterocycles. The van der Waals surface area contributed by atoms with E-state index < -0.39 is 0 Å². The monoisotopic (exact) mass is 187 g/mol. The smallest absolute Gasteiger partial charge is 0.302 e. The number of nitrogens with zero attached hydrogens (tertiary/aromatic N) is 1. The van der Waals surface area contributed by atoms with Gasteiger partial charge in [0.05, 0.1) is 6.61 Å². The average molecular weight is 187 g/mol. The number of unbranched alkanes of at least 4 members (excludes halogenated alkanes) is 3. The lowest BCUT2D eigenvalue weighted by atomic mass is 10.2. The first-order valence-corrected chi connectivity index (χ1v) is 4.91. The van der Waals surface area contributed by atoms with Gasteiger partial charge in [-0.25, -0.2) is 0 Å². The minimum absolute atomic E-state index is 0.173. The van der Waals surface area contributed by atoms with Crippen LogP contribution in [0.4, 0.5) is 0 Å². The van der Waals surface area contributed by atoms with Crippen LogP contribution in [0, 0.1) is 0 Å². The molecule has 0 radical (unpaired) electrons. The Kier molecular flexibility index (Phi) is 7.69. The topological polar surface area (TPSA) is 29.5 Å². The second-order valence-corrected chi connectivity index (χ2v) is 3.56. The number of hydrogen-bond acceptors (Lipinski definition) is 3. The van der Waals surface area contributed by atoms with Crippen LogP contribution in [0.3, 0.4) is 0 Å². The van der Waals surface area contributed by atoms with Gasteiger partial charge in [0.25, 0.3) is 0 Å². The largest absolute Gasteiger partial charge is 0.466 e. The highest BCUT2D eigenvalue weighted by Crippen LogP contribution is 2.00. The molecule has 0 aliphatic carbocycles. The molecule has 0 spiro atoms. The quantitative estimate of drug-likeness (QED) is 0.448. The summed E-state index contributed by atoms with van der Waals surface area (Å²) in [7, 11) is 4.16. The zero-order chi connectivity index (χ0) is 10.1. The molecule has 0 aliphatic heterocycles. The van der Waals surface area contributed by atoms with Gasteiger partial charge < -0.3 is 9.64 Å². The zero-order valence-electron chi connectivity index (χ0n) is 9.01. The Bertz CT molecular complexity index is 135. The predicted molar refractivity (Wildman–Crippen MR) is 53.7 cm³/mol. The van der Waals surface area contributed by atoms with Gasteiger partial charge in [-0.2, -0.15) is 0 Å². The van der Waals surface area contributed by atoms with Gasteiger partial charge in [-0.05, 0) is 33.5 Å². The molecular weight excluding hydrogens is 166 g/mol. The third kappa shape index (κ3) is 11.4. The number of esters is 1. The summed E-state index contributed by atoms with van der Waals surface area (Å²) in [6, 6.07) is 0. The molecule has 0 aromatic heterocycles. The second kappa shape index (κ2) is 8.05. The van der Waals surface area contributed by atoms with Crippen molar-refractivity contribution in [3.8, 4) is 0 Å². The molecule has 0 rings (SSSR count). The van der Waals surface area contributed by atoms with Crippen molar-refractivity contribution in [2.24, 2.45) is 0 Å². The highest BCUT2D eigenvalue weighted by atomic mass is 16.5. The lowest BCUT2D eigenvalue weighted by molar-refractivity contribution is -0.141. The number of hydrogen-bond donors (Lipinski definition) is 0. The first-order valence-electron chi connectivity index (χ1n) is 4.91. The van der Waals surface area contributed by atoms with Gasteiger partial charge in [-0.1, -0.05) is 12.8 Å². The first-order chi connectivity index (χ1) is 6.13. The van der Waals surface area contributed by atoms with Crippen LogP contribution in [0.2, 0.25) is 0 Å². The summed E-state index contributed by atoms with van der Waals surface area (Å²) in [4.78, 5) is 12.6. The molecule has 0 aliphatic rings. The van der Waals surface area contributed by atoms with E-state index in [0.29, 0.717) is 6.61 Å². The van der Waals surface area contributed by atoms with Crippen molar-refractivity contribution in [3.63, 3.8) is 0 Å². The third-order valence-electron chi connectivity index (χ3n) is 1.80. The number of ether oxygens (including phenoxy) is 1. The molecule has 0 N–H and O–H groups in total. The van der Waals surface area contributed by atoms with E-state index in [4.69, 9.17) is 4.74 Å². The van der Waals surface area contributed by atoms with Crippen molar-refractivity contribution >= 4 is 5.97 Å². The fraction of sp³-hybridized carbons (Fsp3) is 0.900. The van der Waals surface area contributed by atoms with E-state index in [1.807, 2.05) is 0 Å². The van der Waals surface area contributed by atoms with Crippen LogP contribution in [0.1, 0.15) is 32.6 Å². The lowest BCUT2D eigenvalue weighted by Crippen LogP contribution is -2.12. The van der Waals surface area contributed by atoms with Crippen molar-refractivity contribution in [1.29, 1.82) is 0 Å². The van der Waals surface area contributed by atoms with E-state index in [2.05, 4.69) is 19.0 Å². The highest BCUT2D eigenvalue weighted by Gasteiger charge is 1.94. The summed E-state index contributed by atoms with van der Waals surface area (Å²) in [6.45, 7) is 3.18. The summed E-state index contributed by atoms with van der Waals surface area (Å²) in [5.74, 6) is -0.173. The van der Waals surface area contributed by atoms with Gasteiger partial charge in [0.15, 0.2) is 0 Å². The Morgan fingerprint density at radius 3 is 2.31 bits per heavy atom. The van der Waals surface area contributed by atoms with Crippen molar-refractivity contribution in [2.45, 2.75) is 32.6 Å². The van der Waals surface area contributed by atoms with E-state index in [1.165, 1.54) is 19.8 Å². The maximum absolute atomic E-state index is 10.4. The molecular formula is C10H21NO2. The zero-order valence-corrected chi connectivity index (χ0v) is 9.01. The molecule has 0 aromatic carbocycles. The van der Waals surface area contributed by atoms with Gasteiger partial charge in [-0.15, -0.1) is 0 Å². The van der Waals surface area contributed by atoms with Crippen LogP contribution >= 0.6 is 0 Å². The van der Waals surface area contributed by atoms with E-state index in [0.717, 1.165) is 19.4 Å². The first kappa shape index (κ1) is 12.4. The number of carbonyl (C=O) groups excluding carboxylic acids is 1. The lowest BCUT2D eigenvalue weighted by Gasteiger charge is -2.08. The van der Waals surface area contributed by atoms with Gasteiger partial charge in [0.1, 0.15) is 0 Å². The SMILES string of the molecule is CC(=O)OCCCCCCN(C)C. The normalized spacial score (nSPS) is 10.5. The van der Waals surface area contributed by atoms with Crippen molar-refractivity contribution < 1.29 is 9.53 Å². The van der Waals surface area contributed by atoms with E-state index in [1.54, 1.807) is 0 Å². The molecule has 0 unspecified atom stereocenters. The maximum Gasteiger partial charge on any atom is 0.302 e. The molecule has 0 amide bonds. The van der Waals surface area contributed by atoms with E-state index in [-0.39, 0.29) is 5.97 Å². The molecule has 3 nitrogen and oxygen atoms in total. The maximum atomic E-state index is 10.4. The molecule has 0 aromatic rings. The Morgan fingerprint density at radius 1 is 1.15 bits per heavy atom. The van der Waals surface area contributed by atoms with Crippen LogP contribution in [0.25, 0.3) is 0 Å². The van der Waals surface area contributed by atoms with Crippen LogP contribution in [-0.2, 0) is 9.53 Å². The highest BCUT2D eigenvalue weighted by molar-refractivity contribution is 5.65. The molecule has 0 atom stereocenters. The van der Waals surface area contributed by atoms with Crippen LogP contribution in [-0.4, -0.2) is 38.1 Å². The van der Waals surface area contributed by atoms with Crippen molar-refractivity contribution in [1.82, 2.24) is 4.90 Å². The third-order valence-corrected chi connectivity index (χ3v) is 1.80. The van der Waals surface area contributed by atoms with Crippen LogP contribution in [0.5, 0.6) is 0 Å². The minimum atomic E-state index is -0.173. The number of rotatable bonds is 7. The summed E-state index contributed by atoms with van der Waals surface area (Å²) >= 11 is 0. The van der Waals surface area contributed by atoms with Gasteiger partial charge in [0.2, 0.25) is 0 Å². The molecule has 0 saturated carbocycles. The molecule has 0 bridgehead atoms. The molecule has 13 heavy (non-hydrogen) atoms. The molecule has 3 heteroatoms. The van der Waals surface area contributed by atoms with Gasteiger partial charge in [0, 0.05) is 6.92 Å². The van der Waals surface area contributed by atoms with Crippen LogP contribution in [0.15, 0.2) is 0 Å². The summed E-state index contributed by atoms with van der Waals surface area (Å²) in [5, 5.41) is 0. The fourth-order valence-corrected chi connectivity index (χ4v) is 1.10. The Morgan fingerprint density at radius 2 is 1.77 bits per heavy atom. The van der Waals surface area contributed by atoms with Crippen molar-refractivity contribution in [2.75, 3.05) is 27.2 Å². The van der Waals surface area contributed by atoms with E-state index >= 15 is 0 Å². The second-order valence-electron chi connectivity index (χ2n) is 3.56. The Balaban J connectivity index is 2.96. The predicted octanol–water partition coefficient (Wildman–Crippen LogP) is 1.67. The number of carbonyl (C=O) groups is 1. The summed E-state index contributed by atoms with van der Waals surface area (Å²) in [6.07, 6.45) is 4.60. The summed E-state index contributed by atoms with van der Waals surface area (Å²) in [5.41, 5.74) is 0. The van der Waals surface area contributed by atoms with Crippen molar-refractivity contribution in [3.05, 3.63) is 0 Å². The minimum Gasteiger partial charge on any atom is -0.466 e. The average Bonchev–Trinajstić information content (AvgIpc) is 2.01.